The number of hydrogen-bond donors (Lipinski definition) is 1. The van der Waals surface area contributed by atoms with Crippen molar-refractivity contribution in [1.29, 1.82) is 0 Å². The number of nitrogen functional groups attached to an aromatic ring is 1. The Hall–Kier alpha value is -1.00. The first-order chi connectivity index (χ1) is 5.75. The number of oxazole rings is 1. The summed E-state index contributed by atoms with van der Waals surface area (Å²) in [5.74, 6) is 0. The molecule has 2 rings (SSSR count). The van der Waals surface area contributed by atoms with Gasteiger partial charge in [0, 0.05) is 0 Å². The highest BCUT2D eigenvalue weighted by Gasteiger charge is 2.05. The Balaban J connectivity index is 2.43. The van der Waals surface area contributed by atoms with Gasteiger partial charge in [-0.05, 0) is 12.1 Å². The maximum Gasteiger partial charge on any atom is 0.292 e. The fraction of sp³-hybridized carbons (Fsp3) is 0. The lowest BCUT2D eigenvalue weighted by molar-refractivity contribution is 0.581. The zero-order valence-electron chi connectivity index (χ0n) is 5.95. The van der Waals surface area contributed by atoms with Crippen LogP contribution in [0.4, 0.5) is 6.01 Å². The van der Waals surface area contributed by atoms with Crippen molar-refractivity contribution in [3.63, 3.8) is 0 Å². The SMILES string of the molecule is Nc1nc(-c2ccc(Cl)s2)co1. The first-order valence-electron chi connectivity index (χ1n) is 3.22. The smallest absolute Gasteiger partial charge is 0.292 e. The molecule has 5 heteroatoms. The summed E-state index contributed by atoms with van der Waals surface area (Å²) in [5, 5.41) is 0. The van der Waals surface area contributed by atoms with Crippen LogP contribution >= 0.6 is 22.9 Å². The number of nitrogens with zero attached hydrogens (tertiary/aromatic N) is 1. The monoisotopic (exact) mass is 200 g/mol. The molecule has 0 unspecified atom stereocenters. The topological polar surface area (TPSA) is 52.0 Å². The number of anilines is 1. The molecule has 12 heavy (non-hydrogen) atoms. The van der Waals surface area contributed by atoms with E-state index in [9.17, 15) is 0 Å². The normalized spacial score (nSPS) is 10.4. The number of nitrogens with two attached hydrogens (primary N) is 1. The largest absolute Gasteiger partial charge is 0.432 e. The number of thiophene rings is 1. The second-order valence-electron chi connectivity index (χ2n) is 2.17. The molecule has 0 saturated heterocycles. The van der Waals surface area contributed by atoms with E-state index < -0.39 is 0 Å². The minimum Gasteiger partial charge on any atom is -0.432 e. The van der Waals surface area contributed by atoms with Crippen molar-refractivity contribution in [1.82, 2.24) is 4.98 Å². The van der Waals surface area contributed by atoms with Crippen molar-refractivity contribution in [2.45, 2.75) is 0 Å². The Morgan fingerprint density at radius 2 is 2.33 bits per heavy atom. The Bertz CT molecular complexity index is 357. The molecule has 2 N–H and O–H groups in total. The first-order valence-corrected chi connectivity index (χ1v) is 4.42. The lowest BCUT2D eigenvalue weighted by atomic mass is 10.4. The average molecular weight is 201 g/mol. The predicted octanol–water partition coefficient (Wildman–Crippen LogP) is 2.64. The summed E-state index contributed by atoms with van der Waals surface area (Å²) in [4.78, 5) is 4.92. The average Bonchev–Trinajstić information content (AvgIpc) is 2.58. The van der Waals surface area contributed by atoms with Crippen LogP contribution in [0.15, 0.2) is 22.8 Å². The Kier molecular flexibility index (Phi) is 1.78. The number of aromatic nitrogens is 1. The van der Waals surface area contributed by atoms with E-state index in [1.807, 2.05) is 12.1 Å². The maximum atomic E-state index is 5.75. The van der Waals surface area contributed by atoms with Gasteiger partial charge in [0.1, 0.15) is 12.0 Å². The van der Waals surface area contributed by atoms with Crippen molar-refractivity contribution in [3.05, 3.63) is 22.7 Å². The molecule has 0 radical (unpaired) electrons. The van der Waals surface area contributed by atoms with E-state index in [0.717, 1.165) is 14.9 Å². The summed E-state index contributed by atoms with van der Waals surface area (Å²) in [7, 11) is 0. The number of hydrogen-bond acceptors (Lipinski definition) is 4. The number of halogens is 1. The molecule has 0 aliphatic rings. The van der Waals surface area contributed by atoms with Crippen molar-refractivity contribution in [2.75, 3.05) is 5.73 Å². The number of rotatable bonds is 1. The molecule has 0 aromatic carbocycles. The van der Waals surface area contributed by atoms with Gasteiger partial charge in [-0.2, -0.15) is 4.98 Å². The second kappa shape index (κ2) is 2.80. The molecule has 3 nitrogen and oxygen atoms in total. The molecule has 2 aromatic rings. The van der Waals surface area contributed by atoms with Crippen LogP contribution in [0.3, 0.4) is 0 Å². The highest BCUT2D eigenvalue weighted by Crippen LogP contribution is 2.30. The highest BCUT2D eigenvalue weighted by molar-refractivity contribution is 7.19. The molecule has 0 amide bonds. The van der Waals surface area contributed by atoms with E-state index in [1.165, 1.54) is 17.6 Å². The molecule has 0 aliphatic heterocycles. The Morgan fingerprint density at radius 1 is 1.50 bits per heavy atom. The standard InChI is InChI=1S/C7H5ClN2OS/c8-6-2-1-5(12-6)4-3-11-7(9)10-4/h1-3H,(H2,9,10). The molecular weight excluding hydrogens is 196 g/mol. The molecular formula is C7H5ClN2OS. The Morgan fingerprint density at radius 3 is 2.83 bits per heavy atom. The maximum absolute atomic E-state index is 5.75. The zero-order valence-corrected chi connectivity index (χ0v) is 7.52. The van der Waals surface area contributed by atoms with E-state index in [2.05, 4.69) is 4.98 Å². The lowest BCUT2D eigenvalue weighted by Gasteiger charge is -1.83. The van der Waals surface area contributed by atoms with Gasteiger partial charge in [-0.1, -0.05) is 11.6 Å². The molecule has 62 valence electrons. The molecule has 0 bridgehead atoms. The van der Waals surface area contributed by atoms with E-state index in [0.29, 0.717) is 0 Å². The van der Waals surface area contributed by atoms with Gasteiger partial charge in [-0.25, -0.2) is 0 Å². The summed E-state index contributed by atoms with van der Waals surface area (Å²) in [6.07, 6.45) is 1.51. The molecule has 0 aliphatic carbocycles. The van der Waals surface area contributed by atoms with Crippen LogP contribution in [0.1, 0.15) is 0 Å². The van der Waals surface area contributed by atoms with Gasteiger partial charge < -0.3 is 10.2 Å². The highest BCUT2D eigenvalue weighted by atomic mass is 35.5. The second-order valence-corrected chi connectivity index (χ2v) is 3.89. The van der Waals surface area contributed by atoms with Crippen LogP contribution in [0.2, 0.25) is 4.34 Å². The van der Waals surface area contributed by atoms with Gasteiger partial charge in [0.15, 0.2) is 0 Å². The van der Waals surface area contributed by atoms with E-state index in [4.69, 9.17) is 21.8 Å². The first kappa shape index (κ1) is 7.64. The van der Waals surface area contributed by atoms with Crippen molar-refractivity contribution >= 4 is 29.0 Å². The third-order valence-corrected chi connectivity index (χ3v) is 2.60. The minimum atomic E-state index is 0.175. The third-order valence-electron chi connectivity index (χ3n) is 1.35. The quantitative estimate of drug-likeness (QED) is 0.770. The van der Waals surface area contributed by atoms with Gasteiger partial charge >= 0.3 is 0 Å². The summed E-state index contributed by atoms with van der Waals surface area (Å²) in [5.41, 5.74) is 6.04. The van der Waals surface area contributed by atoms with E-state index in [-0.39, 0.29) is 6.01 Å². The van der Waals surface area contributed by atoms with Crippen LogP contribution < -0.4 is 5.73 Å². The van der Waals surface area contributed by atoms with Gasteiger partial charge in [0.2, 0.25) is 0 Å². The molecule has 0 spiro atoms. The molecule has 0 fully saturated rings. The van der Waals surface area contributed by atoms with Crippen molar-refractivity contribution < 1.29 is 4.42 Å². The van der Waals surface area contributed by atoms with Crippen LogP contribution in [-0.4, -0.2) is 4.98 Å². The van der Waals surface area contributed by atoms with Crippen molar-refractivity contribution in [2.24, 2.45) is 0 Å². The summed E-state index contributed by atoms with van der Waals surface area (Å²) in [6.45, 7) is 0. The molecule has 2 aromatic heterocycles. The summed E-state index contributed by atoms with van der Waals surface area (Å²) in [6, 6.07) is 3.87. The minimum absolute atomic E-state index is 0.175. The molecule has 0 atom stereocenters. The van der Waals surface area contributed by atoms with Crippen molar-refractivity contribution in [3.8, 4) is 10.6 Å². The predicted molar refractivity (Wildman–Crippen MR) is 49.2 cm³/mol. The van der Waals surface area contributed by atoms with Gasteiger partial charge in [-0.3, -0.25) is 0 Å². The summed E-state index contributed by atoms with van der Waals surface area (Å²) < 4.78 is 5.59. The summed E-state index contributed by atoms with van der Waals surface area (Å²) >= 11 is 7.19. The fourth-order valence-corrected chi connectivity index (χ4v) is 1.85. The Labute approximate surface area is 77.8 Å². The zero-order chi connectivity index (χ0) is 8.55. The van der Waals surface area contributed by atoms with Gasteiger partial charge in [-0.15, -0.1) is 11.3 Å². The van der Waals surface area contributed by atoms with Crippen LogP contribution in [0.25, 0.3) is 10.6 Å². The van der Waals surface area contributed by atoms with Crippen LogP contribution in [-0.2, 0) is 0 Å². The van der Waals surface area contributed by atoms with Gasteiger partial charge in [0.25, 0.3) is 6.01 Å². The third kappa shape index (κ3) is 1.31. The van der Waals surface area contributed by atoms with Crippen LogP contribution in [0.5, 0.6) is 0 Å². The molecule has 2 heterocycles. The van der Waals surface area contributed by atoms with E-state index in [1.54, 1.807) is 0 Å². The molecule has 0 saturated carbocycles. The van der Waals surface area contributed by atoms with Crippen LogP contribution in [0, 0.1) is 0 Å². The van der Waals surface area contributed by atoms with Gasteiger partial charge in [0.05, 0.1) is 9.21 Å². The lowest BCUT2D eigenvalue weighted by Crippen LogP contribution is -1.81. The van der Waals surface area contributed by atoms with E-state index >= 15 is 0 Å². The fourth-order valence-electron chi connectivity index (χ4n) is 0.853.